The molecule has 164 valence electrons. The number of carbonyl (C=O) groups excluding carboxylic acids is 1. The van der Waals surface area contributed by atoms with Gasteiger partial charge in [-0.1, -0.05) is 35.9 Å². The fourth-order valence-corrected chi connectivity index (χ4v) is 6.31. The zero-order valence-corrected chi connectivity index (χ0v) is 20.1. The van der Waals surface area contributed by atoms with E-state index in [4.69, 9.17) is 11.6 Å². The van der Waals surface area contributed by atoms with E-state index >= 15 is 0 Å². The number of carbonyl (C=O) groups is 1. The third-order valence-electron chi connectivity index (χ3n) is 5.52. The fraction of sp³-hybridized carbons (Fsp3) is 0.0769. The summed E-state index contributed by atoms with van der Waals surface area (Å²) in [4.78, 5) is 18.6. The second-order valence-corrected chi connectivity index (χ2v) is 10.2. The van der Waals surface area contributed by atoms with Crippen molar-refractivity contribution in [1.82, 2.24) is 4.98 Å². The van der Waals surface area contributed by atoms with Crippen LogP contribution in [0.25, 0.3) is 31.8 Å². The second kappa shape index (κ2) is 8.30. The van der Waals surface area contributed by atoms with Crippen molar-refractivity contribution in [3.05, 3.63) is 86.6 Å². The number of aromatic hydroxyl groups is 2. The number of rotatable bonds is 4. The third kappa shape index (κ3) is 3.91. The Kier molecular flexibility index (Phi) is 5.44. The molecule has 0 spiro atoms. The molecule has 0 saturated heterocycles. The van der Waals surface area contributed by atoms with Gasteiger partial charge in [-0.25, -0.2) is 4.98 Å². The summed E-state index contributed by atoms with van der Waals surface area (Å²) in [5.41, 5.74) is 4.92. The van der Waals surface area contributed by atoms with Gasteiger partial charge in [0.05, 0.1) is 10.3 Å². The number of halogens is 1. The SMILES string of the molecule is Cc1cc(Cl)cc(C)c1C(=O)c1sc2cc(O)ccc2c1-c1ccc(-c2nc(O)cs2)cc1. The zero-order chi connectivity index (χ0) is 23.3. The minimum Gasteiger partial charge on any atom is -0.508 e. The lowest BCUT2D eigenvalue weighted by atomic mass is 9.93. The Hall–Kier alpha value is -3.19. The summed E-state index contributed by atoms with van der Waals surface area (Å²) in [5, 5.41) is 23.4. The van der Waals surface area contributed by atoms with Crippen molar-refractivity contribution < 1.29 is 15.0 Å². The molecule has 0 bridgehead atoms. The maximum atomic E-state index is 13.8. The predicted octanol–water partition coefficient (Wildman–Crippen LogP) is 7.60. The van der Waals surface area contributed by atoms with Gasteiger partial charge in [0.15, 0.2) is 0 Å². The van der Waals surface area contributed by atoms with Gasteiger partial charge in [-0.05, 0) is 60.9 Å². The topological polar surface area (TPSA) is 70.4 Å². The van der Waals surface area contributed by atoms with Crippen molar-refractivity contribution in [1.29, 1.82) is 0 Å². The van der Waals surface area contributed by atoms with E-state index in [-0.39, 0.29) is 17.4 Å². The second-order valence-electron chi connectivity index (χ2n) is 7.82. The minimum atomic E-state index is -0.0636. The van der Waals surface area contributed by atoms with Gasteiger partial charge in [-0.15, -0.1) is 22.7 Å². The zero-order valence-electron chi connectivity index (χ0n) is 17.7. The molecule has 3 aromatic carbocycles. The highest BCUT2D eigenvalue weighted by Crippen LogP contribution is 2.42. The number of fused-ring (bicyclic) bond motifs is 1. The number of benzene rings is 3. The van der Waals surface area contributed by atoms with Gasteiger partial charge < -0.3 is 10.2 Å². The first kappa shape index (κ1) is 21.6. The van der Waals surface area contributed by atoms with E-state index in [0.29, 0.717) is 15.5 Å². The average molecular weight is 492 g/mol. The van der Waals surface area contributed by atoms with Crippen LogP contribution in [0.3, 0.4) is 0 Å². The van der Waals surface area contributed by atoms with E-state index in [9.17, 15) is 15.0 Å². The monoisotopic (exact) mass is 491 g/mol. The molecule has 4 nitrogen and oxygen atoms in total. The minimum absolute atomic E-state index is 0.00398. The van der Waals surface area contributed by atoms with Gasteiger partial charge in [0, 0.05) is 31.8 Å². The summed E-state index contributed by atoms with van der Waals surface area (Å²) in [7, 11) is 0. The fourth-order valence-electron chi connectivity index (χ4n) is 4.09. The summed E-state index contributed by atoms with van der Waals surface area (Å²) in [6, 6.07) is 16.6. The molecule has 0 aliphatic heterocycles. The summed E-state index contributed by atoms with van der Waals surface area (Å²) in [5.74, 6) is 0.0997. The number of phenolic OH excluding ortho intramolecular Hbond substituents is 1. The molecule has 0 aliphatic carbocycles. The first-order valence-corrected chi connectivity index (χ1v) is 12.2. The van der Waals surface area contributed by atoms with E-state index in [0.717, 1.165) is 42.9 Å². The van der Waals surface area contributed by atoms with Gasteiger partial charge in [0.2, 0.25) is 11.7 Å². The van der Waals surface area contributed by atoms with Crippen molar-refractivity contribution in [2.24, 2.45) is 0 Å². The summed E-state index contributed by atoms with van der Waals surface area (Å²) < 4.78 is 0.839. The molecule has 0 fully saturated rings. The molecule has 2 heterocycles. The molecular weight excluding hydrogens is 474 g/mol. The lowest BCUT2D eigenvalue weighted by Crippen LogP contribution is -2.06. The standard InChI is InChI=1S/C26H18ClNO3S2/c1-13-9-17(27)10-14(2)22(13)24(31)25-23(19-8-7-18(29)11-20(19)33-25)15-3-5-16(6-4-15)26-28-21(30)12-32-26/h3-12,29-30H,1-2H3. The highest BCUT2D eigenvalue weighted by Gasteiger charge is 2.24. The number of hydrogen-bond acceptors (Lipinski definition) is 6. The molecule has 0 atom stereocenters. The Morgan fingerprint density at radius 2 is 1.61 bits per heavy atom. The van der Waals surface area contributed by atoms with Crippen molar-refractivity contribution in [3.8, 4) is 33.3 Å². The van der Waals surface area contributed by atoms with Gasteiger partial charge in [0.25, 0.3) is 0 Å². The lowest BCUT2D eigenvalue weighted by Gasteiger charge is -2.11. The van der Waals surface area contributed by atoms with Crippen LogP contribution in [0.1, 0.15) is 26.4 Å². The normalized spacial score (nSPS) is 11.2. The van der Waals surface area contributed by atoms with Crippen LogP contribution >= 0.6 is 34.3 Å². The third-order valence-corrected chi connectivity index (χ3v) is 7.77. The average Bonchev–Trinajstić information content (AvgIpc) is 3.36. The van der Waals surface area contributed by atoms with E-state index in [2.05, 4.69) is 4.98 Å². The van der Waals surface area contributed by atoms with Crippen LogP contribution in [0.15, 0.2) is 60.0 Å². The number of aromatic nitrogens is 1. The summed E-state index contributed by atoms with van der Waals surface area (Å²) >= 11 is 8.94. The molecule has 7 heteroatoms. The van der Waals surface area contributed by atoms with Crippen molar-refractivity contribution in [3.63, 3.8) is 0 Å². The largest absolute Gasteiger partial charge is 0.508 e. The van der Waals surface area contributed by atoms with Crippen LogP contribution in [0.5, 0.6) is 11.6 Å². The Morgan fingerprint density at radius 3 is 2.24 bits per heavy atom. The quantitative estimate of drug-likeness (QED) is 0.254. The molecule has 0 amide bonds. The molecule has 2 aromatic heterocycles. The molecule has 0 aliphatic rings. The van der Waals surface area contributed by atoms with E-state index in [1.807, 2.05) is 44.2 Å². The van der Waals surface area contributed by atoms with Crippen molar-refractivity contribution in [2.75, 3.05) is 0 Å². The van der Waals surface area contributed by atoms with Crippen LogP contribution in [0, 0.1) is 13.8 Å². The number of thiazole rings is 1. The molecule has 5 aromatic rings. The Bertz CT molecular complexity index is 1510. The van der Waals surface area contributed by atoms with Crippen LogP contribution < -0.4 is 0 Å². The molecule has 33 heavy (non-hydrogen) atoms. The van der Waals surface area contributed by atoms with E-state index < -0.39 is 0 Å². The van der Waals surface area contributed by atoms with Crippen LogP contribution in [-0.4, -0.2) is 21.0 Å². The highest BCUT2D eigenvalue weighted by molar-refractivity contribution is 7.21. The van der Waals surface area contributed by atoms with Crippen LogP contribution in [-0.2, 0) is 0 Å². The van der Waals surface area contributed by atoms with Crippen molar-refractivity contribution in [2.45, 2.75) is 13.8 Å². The predicted molar refractivity (Wildman–Crippen MR) is 136 cm³/mol. The number of nitrogens with zero attached hydrogens (tertiary/aromatic N) is 1. The molecule has 2 N–H and O–H groups in total. The van der Waals surface area contributed by atoms with Crippen molar-refractivity contribution >= 4 is 50.1 Å². The van der Waals surface area contributed by atoms with E-state index in [1.165, 1.54) is 22.7 Å². The van der Waals surface area contributed by atoms with Gasteiger partial charge in [-0.3, -0.25) is 4.79 Å². The highest BCUT2D eigenvalue weighted by atomic mass is 35.5. The number of thiophene rings is 1. The number of phenols is 1. The van der Waals surface area contributed by atoms with Crippen LogP contribution in [0.4, 0.5) is 0 Å². The van der Waals surface area contributed by atoms with Gasteiger partial charge in [0.1, 0.15) is 10.8 Å². The Morgan fingerprint density at radius 1 is 0.939 bits per heavy atom. The Labute approximate surface area is 203 Å². The molecule has 0 saturated carbocycles. The molecule has 0 unspecified atom stereocenters. The van der Waals surface area contributed by atoms with E-state index in [1.54, 1.807) is 29.6 Å². The smallest absolute Gasteiger partial charge is 0.222 e. The van der Waals surface area contributed by atoms with Gasteiger partial charge >= 0.3 is 0 Å². The molecular formula is C26H18ClNO3S2. The molecule has 0 radical (unpaired) electrons. The first-order valence-electron chi connectivity index (χ1n) is 10.1. The maximum absolute atomic E-state index is 13.8. The maximum Gasteiger partial charge on any atom is 0.222 e. The lowest BCUT2D eigenvalue weighted by molar-refractivity contribution is 0.104. The number of ketones is 1. The Balaban J connectivity index is 1.69. The number of hydrogen-bond donors (Lipinski definition) is 2. The number of aryl methyl sites for hydroxylation is 2. The molecule has 5 rings (SSSR count). The summed E-state index contributed by atoms with van der Waals surface area (Å²) in [6.07, 6.45) is 0. The van der Waals surface area contributed by atoms with Gasteiger partial charge in [-0.2, -0.15) is 0 Å². The first-order chi connectivity index (χ1) is 15.8. The van der Waals surface area contributed by atoms with Crippen LogP contribution in [0.2, 0.25) is 5.02 Å². The summed E-state index contributed by atoms with van der Waals surface area (Å²) in [6.45, 7) is 3.78.